The van der Waals surface area contributed by atoms with Crippen LogP contribution in [0.15, 0.2) is 24.3 Å². The van der Waals surface area contributed by atoms with Crippen LogP contribution in [-0.2, 0) is 9.59 Å². The molecule has 150 valence electrons. The number of nitrogens with one attached hydrogen (secondary N) is 2. The molecule has 28 heavy (non-hydrogen) atoms. The van der Waals surface area contributed by atoms with Crippen molar-refractivity contribution >= 4 is 17.5 Å². The van der Waals surface area contributed by atoms with Crippen LogP contribution in [0.5, 0.6) is 0 Å². The molecule has 2 spiro atoms. The number of fused-ring (bicyclic) bond motifs is 4. The third-order valence-electron chi connectivity index (χ3n) is 8.33. The van der Waals surface area contributed by atoms with E-state index in [2.05, 4.69) is 48.7 Å². The van der Waals surface area contributed by atoms with E-state index >= 15 is 0 Å². The lowest BCUT2D eigenvalue weighted by atomic mass is 9.48. The summed E-state index contributed by atoms with van der Waals surface area (Å²) in [6, 6.07) is 8.77. The largest absolute Gasteiger partial charge is 0.400 e. The number of hydrogen-bond donors (Lipinski definition) is 3. The van der Waals surface area contributed by atoms with E-state index in [4.69, 9.17) is 5.11 Å². The Morgan fingerprint density at radius 1 is 1.14 bits per heavy atom. The fourth-order valence-corrected chi connectivity index (χ4v) is 7.15. The van der Waals surface area contributed by atoms with Crippen molar-refractivity contribution in [3.63, 3.8) is 0 Å². The first-order valence-corrected chi connectivity index (χ1v) is 10.4. The molecule has 4 saturated heterocycles. The van der Waals surface area contributed by atoms with Crippen molar-refractivity contribution in [2.75, 3.05) is 19.0 Å². The zero-order valence-electron chi connectivity index (χ0n) is 16.8. The van der Waals surface area contributed by atoms with Gasteiger partial charge in [-0.1, -0.05) is 32.0 Å². The van der Waals surface area contributed by atoms with Gasteiger partial charge < -0.3 is 20.6 Å². The number of aliphatic hydroxyl groups excluding tert-OH is 1. The van der Waals surface area contributed by atoms with Gasteiger partial charge in [-0.25, -0.2) is 0 Å². The summed E-state index contributed by atoms with van der Waals surface area (Å²) >= 11 is 0. The Morgan fingerprint density at radius 2 is 1.89 bits per heavy atom. The Labute approximate surface area is 165 Å². The molecular formula is C22H29N3O3. The van der Waals surface area contributed by atoms with Crippen LogP contribution < -0.4 is 10.6 Å². The van der Waals surface area contributed by atoms with Crippen LogP contribution in [-0.4, -0.2) is 52.6 Å². The molecule has 1 saturated carbocycles. The molecule has 1 aromatic carbocycles. The highest BCUT2D eigenvalue weighted by Crippen LogP contribution is 2.64. The van der Waals surface area contributed by atoms with Gasteiger partial charge in [0.1, 0.15) is 11.1 Å². The van der Waals surface area contributed by atoms with Gasteiger partial charge in [-0.15, -0.1) is 0 Å². The number of carbonyl (C=O) groups excluding carboxylic acids is 2. The Hall–Kier alpha value is -2.08. The van der Waals surface area contributed by atoms with E-state index in [9.17, 15) is 9.59 Å². The number of aliphatic hydroxyl groups is 1. The number of anilines is 1. The number of para-hydroxylation sites is 1. The molecule has 2 amide bonds. The topological polar surface area (TPSA) is 81.7 Å². The van der Waals surface area contributed by atoms with E-state index in [1.54, 1.807) is 0 Å². The average Bonchev–Trinajstić information content (AvgIpc) is 3.28. The monoisotopic (exact) mass is 383 g/mol. The molecule has 5 heterocycles. The smallest absolute Gasteiger partial charge is 0.249 e. The van der Waals surface area contributed by atoms with E-state index in [1.807, 2.05) is 4.90 Å². The van der Waals surface area contributed by atoms with Crippen LogP contribution in [0, 0.1) is 11.3 Å². The molecule has 6 nitrogen and oxygen atoms in total. The second-order valence-corrected chi connectivity index (χ2v) is 9.62. The van der Waals surface area contributed by atoms with Crippen molar-refractivity contribution in [1.82, 2.24) is 10.2 Å². The summed E-state index contributed by atoms with van der Waals surface area (Å²) in [7, 11) is 1.00. The summed E-state index contributed by atoms with van der Waals surface area (Å²) in [6.07, 6.45) is 3.29. The van der Waals surface area contributed by atoms with Gasteiger partial charge in [-0.05, 0) is 42.7 Å². The number of benzene rings is 1. The Balaban J connectivity index is 0.000000829. The number of carbonyl (C=O) groups is 2. The number of piperazine rings is 1. The average molecular weight is 383 g/mol. The standard InChI is InChI=1S/C21H25N3O2.CH4O/c1-19(2)15-11-20-8-5-9-24(20)18(26)21(15,23-17(20)25)10-13-12-6-3-4-7-14(12)22-16(13)19;1-2/h3-4,6-7,13,15-16,22H,5,8-11H2,1-2H3,(H,23,25);2H,1H3/t13-,15-,16+,20+,21+;/m0./s1. The van der Waals surface area contributed by atoms with Crippen LogP contribution in [0.1, 0.15) is 51.0 Å². The summed E-state index contributed by atoms with van der Waals surface area (Å²) in [5, 5.41) is 14.0. The first kappa shape index (κ1) is 18.0. The molecule has 0 unspecified atom stereocenters. The van der Waals surface area contributed by atoms with Crippen LogP contribution in [0.25, 0.3) is 0 Å². The second kappa shape index (κ2) is 5.50. The van der Waals surface area contributed by atoms with Crippen molar-refractivity contribution in [3.8, 4) is 0 Å². The summed E-state index contributed by atoms with van der Waals surface area (Å²) in [4.78, 5) is 28.7. The van der Waals surface area contributed by atoms with E-state index in [0.29, 0.717) is 12.5 Å². The van der Waals surface area contributed by atoms with E-state index in [0.717, 1.165) is 32.9 Å². The van der Waals surface area contributed by atoms with E-state index in [1.165, 1.54) is 11.3 Å². The van der Waals surface area contributed by atoms with E-state index < -0.39 is 11.1 Å². The molecule has 0 aromatic heterocycles. The summed E-state index contributed by atoms with van der Waals surface area (Å²) in [6.45, 7) is 5.33. The zero-order chi connectivity index (χ0) is 19.9. The normalized spacial score (nSPS) is 41.0. The van der Waals surface area contributed by atoms with Gasteiger partial charge in [0.2, 0.25) is 11.8 Å². The fourth-order valence-electron chi connectivity index (χ4n) is 7.15. The molecule has 7 rings (SSSR count). The highest BCUT2D eigenvalue weighted by molar-refractivity contribution is 6.05. The Kier molecular flexibility index (Phi) is 3.53. The number of nitrogens with zero attached hydrogens (tertiary/aromatic N) is 1. The van der Waals surface area contributed by atoms with Gasteiger partial charge in [0.05, 0.1) is 0 Å². The maximum absolute atomic E-state index is 13.6. The molecule has 1 aliphatic carbocycles. The molecule has 5 atom stereocenters. The lowest BCUT2D eigenvalue weighted by Gasteiger charge is -2.66. The fraction of sp³-hybridized carbons (Fsp3) is 0.636. The summed E-state index contributed by atoms with van der Waals surface area (Å²) < 4.78 is 0. The van der Waals surface area contributed by atoms with Gasteiger partial charge in [0.15, 0.2) is 0 Å². The second-order valence-electron chi connectivity index (χ2n) is 9.62. The molecule has 0 radical (unpaired) electrons. The zero-order valence-corrected chi connectivity index (χ0v) is 16.8. The van der Waals surface area contributed by atoms with Crippen LogP contribution in [0.3, 0.4) is 0 Å². The highest BCUT2D eigenvalue weighted by atomic mass is 16.2. The minimum absolute atomic E-state index is 0.0764. The maximum Gasteiger partial charge on any atom is 0.249 e. The van der Waals surface area contributed by atoms with Crippen LogP contribution in [0.2, 0.25) is 0 Å². The number of rotatable bonds is 0. The number of hydrogen-bond acceptors (Lipinski definition) is 4. The van der Waals surface area contributed by atoms with E-state index in [-0.39, 0.29) is 29.1 Å². The van der Waals surface area contributed by atoms with Gasteiger partial charge >= 0.3 is 0 Å². The van der Waals surface area contributed by atoms with Crippen molar-refractivity contribution < 1.29 is 14.7 Å². The third-order valence-corrected chi connectivity index (χ3v) is 8.33. The predicted molar refractivity (Wildman–Crippen MR) is 106 cm³/mol. The molecule has 5 fully saturated rings. The molecule has 6 aliphatic rings. The summed E-state index contributed by atoms with van der Waals surface area (Å²) in [5.41, 5.74) is 1.10. The SMILES string of the molecule is CC1(C)[C@@H]2Nc3ccccc3[C@@H]2C[C@]23NC(=O)[C@@]4(CCCN4C2=O)C[C@@H]13.CO. The van der Waals surface area contributed by atoms with Crippen molar-refractivity contribution in [1.29, 1.82) is 0 Å². The number of piperidine rings is 2. The van der Waals surface area contributed by atoms with Gasteiger partial charge in [-0.3, -0.25) is 9.59 Å². The van der Waals surface area contributed by atoms with Crippen molar-refractivity contribution in [3.05, 3.63) is 29.8 Å². The number of amides is 2. The Morgan fingerprint density at radius 3 is 2.68 bits per heavy atom. The van der Waals surface area contributed by atoms with Crippen LogP contribution in [0.4, 0.5) is 5.69 Å². The maximum atomic E-state index is 13.6. The minimum atomic E-state index is -0.729. The molecule has 2 bridgehead atoms. The summed E-state index contributed by atoms with van der Waals surface area (Å²) in [5.74, 6) is 0.716. The molecule has 6 heteroatoms. The minimum Gasteiger partial charge on any atom is -0.400 e. The predicted octanol–water partition coefficient (Wildman–Crippen LogP) is 1.85. The van der Waals surface area contributed by atoms with Gasteiger partial charge in [-0.2, -0.15) is 0 Å². The molecule has 3 N–H and O–H groups in total. The Bertz CT molecular complexity index is 868. The quantitative estimate of drug-likeness (QED) is 0.639. The lowest BCUT2D eigenvalue weighted by molar-refractivity contribution is -0.187. The molecular weight excluding hydrogens is 354 g/mol. The third kappa shape index (κ3) is 1.83. The van der Waals surface area contributed by atoms with Gasteiger partial charge in [0.25, 0.3) is 0 Å². The van der Waals surface area contributed by atoms with Crippen LogP contribution >= 0.6 is 0 Å². The first-order chi connectivity index (χ1) is 13.4. The first-order valence-electron chi connectivity index (χ1n) is 10.4. The van der Waals surface area contributed by atoms with Gasteiger partial charge in [0, 0.05) is 37.2 Å². The van der Waals surface area contributed by atoms with Crippen molar-refractivity contribution in [2.45, 2.75) is 62.6 Å². The highest BCUT2D eigenvalue weighted by Gasteiger charge is 2.74. The van der Waals surface area contributed by atoms with Crippen molar-refractivity contribution in [2.24, 2.45) is 11.3 Å². The lowest BCUT2D eigenvalue weighted by Crippen LogP contribution is -2.85. The molecule has 1 aromatic rings. The molecule has 5 aliphatic heterocycles.